The zero-order valence-corrected chi connectivity index (χ0v) is 20.0. The van der Waals surface area contributed by atoms with Gasteiger partial charge in [0.1, 0.15) is 5.57 Å². The van der Waals surface area contributed by atoms with Gasteiger partial charge < -0.3 is 14.2 Å². The smallest absolute Gasteiger partial charge is 0.343 e. The van der Waals surface area contributed by atoms with E-state index in [0.29, 0.717) is 16.4 Å². The summed E-state index contributed by atoms with van der Waals surface area (Å²) in [4.78, 5) is 27.6. The number of Topliss-reactive ketones (excluding diaryl/α,β-unsaturated/α-hetero) is 1. The highest BCUT2D eigenvalue weighted by molar-refractivity contribution is 6.31. The second-order valence-corrected chi connectivity index (χ2v) is 8.56. The number of aryl methyl sites for hydroxylation is 2. The minimum Gasteiger partial charge on any atom is -0.465 e. The van der Waals surface area contributed by atoms with Crippen molar-refractivity contribution < 1.29 is 14.3 Å². The second kappa shape index (κ2) is 8.75. The van der Waals surface area contributed by atoms with E-state index >= 15 is 0 Å². The molecule has 0 N–H and O–H groups in total. The van der Waals surface area contributed by atoms with Gasteiger partial charge in [0.15, 0.2) is 0 Å². The van der Waals surface area contributed by atoms with Crippen LogP contribution in [0.5, 0.6) is 0 Å². The van der Waals surface area contributed by atoms with Crippen molar-refractivity contribution in [2.45, 2.75) is 27.7 Å². The maximum Gasteiger partial charge on any atom is 0.343 e. The molecule has 0 fully saturated rings. The molecule has 1 aromatic heterocycles. The zero-order valence-electron chi connectivity index (χ0n) is 19.3. The summed E-state index contributed by atoms with van der Waals surface area (Å²) in [6, 6.07) is 17.5. The van der Waals surface area contributed by atoms with E-state index in [4.69, 9.17) is 16.3 Å². The summed E-state index contributed by atoms with van der Waals surface area (Å²) >= 11 is 6.06. The molecule has 0 radical (unpaired) electrons. The number of rotatable bonds is 4. The van der Waals surface area contributed by atoms with Gasteiger partial charge in [-0.15, -0.1) is 0 Å². The number of hydrogen-bond donors (Lipinski definition) is 0. The SMILES string of the molecule is COC(=O)C1=C(C)N(c2ccc(C)cc2)/C(=C/c2cc(C)n(-c3ccc(Cl)cc3)c2C)C1=O. The number of ketones is 1. The fourth-order valence-electron chi connectivity index (χ4n) is 4.25. The van der Waals surface area contributed by atoms with Gasteiger partial charge >= 0.3 is 5.97 Å². The Morgan fingerprint density at radius 2 is 1.55 bits per heavy atom. The van der Waals surface area contributed by atoms with Crippen LogP contribution < -0.4 is 4.90 Å². The Morgan fingerprint density at radius 1 is 0.939 bits per heavy atom. The molecule has 1 aliphatic heterocycles. The Balaban J connectivity index is 1.86. The minimum absolute atomic E-state index is 0.0517. The van der Waals surface area contributed by atoms with Crippen LogP contribution in [0.15, 0.2) is 71.6 Å². The minimum atomic E-state index is -0.635. The van der Waals surface area contributed by atoms with Crippen LogP contribution in [-0.2, 0) is 14.3 Å². The van der Waals surface area contributed by atoms with Crippen LogP contribution in [-0.4, -0.2) is 23.4 Å². The molecule has 5 nitrogen and oxygen atoms in total. The van der Waals surface area contributed by atoms with Gasteiger partial charge in [0.25, 0.3) is 0 Å². The Hall–Kier alpha value is -3.57. The zero-order chi connectivity index (χ0) is 23.9. The molecule has 168 valence electrons. The third-order valence-corrected chi connectivity index (χ3v) is 6.18. The van der Waals surface area contributed by atoms with E-state index in [-0.39, 0.29) is 11.4 Å². The number of nitrogens with zero attached hydrogens (tertiary/aromatic N) is 2. The lowest BCUT2D eigenvalue weighted by Gasteiger charge is -2.21. The molecule has 6 heteroatoms. The van der Waals surface area contributed by atoms with Crippen LogP contribution in [0, 0.1) is 20.8 Å². The molecule has 4 rings (SSSR count). The van der Waals surface area contributed by atoms with E-state index in [1.807, 2.05) is 86.3 Å². The van der Waals surface area contributed by atoms with Crippen molar-refractivity contribution >= 4 is 35.1 Å². The fraction of sp³-hybridized carbons (Fsp3) is 0.185. The topological polar surface area (TPSA) is 51.5 Å². The van der Waals surface area contributed by atoms with Crippen molar-refractivity contribution in [1.82, 2.24) is 4.57 Å². The number of esters is 1. The Morgan fingerprint density at radius 3 is 2.15 bits per heavy atom. The van der Waals surface area contributed by atoms with Gasteiger partial charge in [-0.2, -0.15) is 0 Å². The average Bonchev–Trinajstić information content (AvgIpc) is 3.21. The van der Waals surface area contributed by atoms with E-state index in [0.717, 1.165) is 33.9 Å². The number of aromatic nitrogens is 1. The molecule has 3 aromatic rings. The molecule has 0 unspecified atom stereocenters. The first-order valence-electron chi connectivity index (χ1n) is 10.6. The first-order chi connectivity index (χ1) is 15.7. The van der Waals surface area contributed by atoms with Gasteiger partial charge in [-0.25, -0.2) is 4.79 Å². The first-order valence-corrected chi connectivity index (χ1v) is 11.0. The summed E-state index contributed by atoms with van der Waals surface area (Å²) in [6.07, 6.45) is 1.84. The molecule has 0 spiro atoms. The van der Waals surface area contributed by atoms with Gasteiger partial charge in [0, 0.05) is 33.5 Å². The van der Waals surface area contributed by atoms with Gasteiger partial charge in [0.2, 0.25) is 5.78 Å². The van der Waals surface area contributed by atoms with E-state index in [9.17, 15) is 9.59 Å². The Bertz CT molecular complexity index is 1310. The number of allylic oxidation sites excluding steroid dienone is 2. The van der Waals surface area contributed by atoms with Crippen molar-refractivity contribution in [2.24, 2.45) is 0 Å². The van der Waals surface area contributed by atoms with E-state index < -0.39 is 5.97 Å². The van der Waals surface area contributed by atoms with Crippen LogP contribution in [0.4, 0.5) is 5.69 Å². The molecule has 1 aliphatic rings. The number of ether oxygens (including phenoxy) is 1. The molecule has 2 aromatic carbocycles. The summed E-state index contributed by atoms with van der Waals surface area (Å²) in [6.45, 7) is 7.79. The predicted molar refractivity (Wildman–Crippen MR) is 132 cm³/mol. The third-order valence-electron chi connectivity index (χ3n) is 5.93. The molecule has 0 aliphatic carbocycles. The third kappa shape index (κ3) is 4.00. The van der Waals surface area contributed by atoms with Gasteiger partial charge in [-0.05, 0) is 81.8 Å². The maximum absolute atomic E-state index is 13.4. The average molecular weight is 461 g/mol. The van der Waals surface area contributed by atoms with Crippen LogP contribution in [0.1, 0.15) is 29.4 Å². The summed E-state index contributed by atoms with van der Waals surface area (Å²) in [5.41, 5.74) is 6.80. The Labute approximate surface area is 198 Å². The van der Waals surface area contributed by atoms with Crippen molar-refractivity contribution in [3.63, 3.8) is 0 Å². The highest BCUT2D eigenvalue weighted by atomic mass is 35.5. The Kier molecular flexibility index (Phi) is 6.00. The predicted octanol–water partition coefficient (Wildman–Crippen LogP) is 5.93. The maximum atomic E-state index is 13.4. The highest BCUT2D eigenvalue weighted by Crippen LogP contribution is 2.36. The van der Waals surface area contributed by atoms with Gasteiger partial charge in [-0.1, -0.05) is 29.3 Å². The molecule has 33 heavy (non-hydrogen) atoms. The monoisotopic (exact) mass is 460 g/mol. The molecule has 0 amide bonds. The number of benzene rings is 2. The van der Waals surface area contributed by atoms with Gasteiger partial charge in [0.05, 0.1) is 12.8 Å². The standard InChI is InChI=1S/C27H25ClN2O3/c1-16-6-10-23(11-7-16)30-19(4)25(27(32)33-5)26(31)24(30)15-20-14-17(2)29(18(20)3)22-12-8-21(28)9-13-22/h6-15H,1-5H3/b24-15+. The number of carbonyl (C=O) groups is 2. The molecule has 0 saturated carbocycles. The summed E-state index contributed by atoms with van der Waals surface area (Å²) in [5.74, 6) is -0.985. The summed E-state index contributed by atoms with van der Waals surface area (Å²) in [5, 5.41) is 0.672. The van der Waals surface area contributed by atoms with Crippen molar-refractivity contribution in [2.75, 3.05) is 12.0 Å². The number of methoxy groups -OCH3 is 1. The molecular weight excluding hydrogens is 436 g/mol. The van der Waals surface area contributed by atoms with Crippen LogP contribution in [0.3, 0.4) is 0 Å². The van der Waals surface area contributed by atoms with Gasteiger partial charge in [-0.3, -0.25) is 4.79 Å². The van der Waals surface area contributed by atoms with Crippen molar-refractivity contribution in [1.29, 1.82) is 0 Å². The number of hydrogen-bond acceptors (Lipinski definition) is 4. The van der Waals surface area contributed by atoms with Crippen molar-refractivity contribution in [3.8, 4) is 5.69 Å². The van der Waals surface area contributed by atoms with E-state index in [2.05, 4.69) is 4.57 Å². The van der Waals surface area contributed by atoms with Crippen LogP contribution in [0.2, 0.25) is 5.02 Å². The number of carbonyl (C=O) groups excluding carboxylic acids is 2. The quantitative estimate of drug-likeness (QED) is 0.275. The molecule has 0 atom stereocenters. The lowest BCUT2D eigenvalue weighted by Crippen LogP contribution is -2.18. The van der Waals surface area contributed by atoms with Crippen LogP contribution >= 0.6 is 11.6 Å². The van der Waals surface area contributed by atoms with Crippen molar-refractivity contribution in [3.05, 3.63) is 99.1 Å². The normalized spacial score (nSPS) is 15.0. The molecule has 2 heterocycles. The second-order valence-electron chi connectivity index (χ2n) is 8.12. The molecule has 0 saturated heterocycles. The largest absolute Gasteiger partial charge is 0.465 e. The number of halogens is 1. The summed E-state index contributed by atoms with van der Waals surface area (Å²) in [7, 11) is 1.29. The molecular formula is C27H25ClN2O3. The molecule has 0 bridgehead atoms. The highest BCUT2D eigenvalue weighted by Gasteiger charge is 2.38. The van der Waals surface area contributed by atoms with E-state index in [1.54, 1.807) is 6.92 Å². The van der Waals surface area contributed by atoms with Crippen LogP contribution in [0.25, 0.3) is 11.8 Å². The summed E-state index contributed by atoms with van der Waals surface area (Å²) < 4.78 is 7.02. The van der Waals surface area contributed by atoms with E-state index in [1.165, 1.54) is 7.11 Å². The number of anilines is 1. The lowest BCUT2D eigenvalue weighted by molar-refractivity contribution is -0.137. The lowest BCUT2D eigenvalue weighted by atomic mass is 10.1. The fourth-order valence-corrected chi connectivity index (χ4v) is 4.38. The first kappa shape index (κ1) is 22.6.